The van der Waals surface area contributed by atoms with Gasteiger partial charge >= 0.3 is 0 Å². The van der Waals surface area contributed by atoms with Gasteiger partial charge in [0.05, 0.1) is 19.1 Å². The minimum Gasteiger partial charge on any atom is -0.493 e. The van der Waals surface area contributed by atoms with Crippen LogP contribution in [-0.4, -0.2) is 35.1 Å². The van der Waals surface area contributed by atoms with Crippen molar-refractivity contribution in [3.8, 4) is 11.5 Å². The maximum absolute atomic E-state index is 12.3. The summed E-state index contributed by atoms with van der Waals surface area (Å²) in [7, 11) is -0.542. The molecule has 28 heavy (non-hydrogen) atoms. The van der Waals surface area contributed by atoms with Crippen LogP contribution in [-0.2, 0) is 21.4 Å². The van der Waals surface area contributed by atoms with Gasteiger partial charge in [-0.1, -0.05) is 12.1 Å². The van der Waals surface area contributed by atoms with Crippen molar-refractivity contribution in [2.75, 3.05) is 20.8 Å². The SMILES string of the molecule is COc1ccc(CNC(=O)CCNS(=O)(=O)c2ccc(C)c(C)c2)cc1OC. The van der Waals surface area contributed by atoms with Crippen LogP contribution in [0.1, 0.15) is 23.1 Å². The molecule has 0 aliphatic carbocycles. The highest BCUT2D eigenvalue weighted by Crippen LogP contribution is 2.27. The molecule has 152 valence electrons. The number of amides is 1. The van der Waals surface area contributed by atoms with Crippen molar-refractivity contribution in [3.63, 3.8) is 0 Å². The number of ether oxygens (including phenoxy) is 2. The van der Waals surface area contributed by atoms with E-state index in [2.05, 4.69) is 10.0 Å². The molecule has 1 amide bonds. The molecule has 0 fully saturated rings. The zero-order valence-corrected chi connectivity index (χ0v) is 17.4. The van der Waals surface area contributed by atoms with E-state index < -0.39 is 10.0 Å². The predicted octanol–water partition coefficient (Wildman–Crippen LogP) is 2.31. The van der Waals surface area contributed by atoms with Crippen LogP contribution in [0.15, 0.2) is 41.3 Å². The summed E-state index contributed by atoms with van der Waals surface area (Å²) in [6, 6.07) is 10.3. The van der Waals surface area contributed by atoms with Crippen molar-refractivity contribution in [1.82, 2.24) is 10.0 Å². The molecule has 0 aromatic heterocycles. The number of hydrogen-bond donors (Lipinski definition) is 2. The lowest BCUT2D eigenvalue weighted by Crippen LogP contribution is -2.30. The Bertz CT molecular complexity index is 942. The van der Waals surface area contributed by atoms with Crippen LogP contribution in [0.25, 0.3) is 0 Å². The van der Waals surface area contributed by atoms with Crippen molar-refractivity contribution < 1.29 is 22.7 Å². The number of hydrogen-bond acceptors (Lipinski definition) is 5. The molecule has 7 nitrogen and oxygen atoms in total. The summed E-state index contributed by atoms with van der Waals surface area (Å²) in [5.41, 5.74) is 2.77. The van der Waals surface area contributed by atoms with E-state index in [1.54, 1.807) is 44.6 Å². The quantitative estimate of drug-likeness (QED) is 0.667. The monoisotopic (exact) mass is 406 g/mol. The summed E-state index contributed by atoms with van der Waals surface area (Å²) >= 11 is 0. The second-order valence-electron chi connectivity index (χ2n) is 6.36. The molecule has 2 rings (SSSR count). The minimum absolute atomic E-state index is 0.0209. The van der Waals surface area contributed by atoms with Gasteiger partial charge in [-0.15, -0.1) is 0 Å². The number of benzene rings is 2. The Hall–Kier alpha value is -2.58. The molecule has 0 heterocycles. The highest BCUT2D eigenvalue weighted by Gasteiger charge is 2.15. The van der Waals surface area contributed by atoms with Crippen molar-refractivity contribution in [2.45, 2.75) is 31.7 Å². The van der Waals surface area contributed by atoms with E-state index in [0.29, 0.717) is 18.0 Å². The normalized spacial score (nSPS) is 11.1. The van der Waals surface area contributed by atoms with Crippen molar-refractivity contribution >= 4 is 15.9 Å². The number of methoxy groups -OCH3 is 2. The zero-order valence-electron chi connectivity index (χ0n) is 16.5. The van der Waals surface area contributed by atoms with E-state index in [-0.39, 0.29) is 23.8 Å². The average molecular weight is 407 g/mol. The number of carbonyl (C=O) groups is 1. The fourth-order valence-corrected chi connectivity index (χ4v) is 3.66. The molecule has 0 radical (unpaired) electrons. The second kappa shape index (κ2) is 9.57. The highest BCUT2D eigenvalue weighted by atomic mass is 32.2. The Balaban J connectivity index is 1.85. The Morgan fingerprint density at radius 2 is 1.68 bits per heavy atom. The smallest absolute Gasteiger partial charge is 0.240 e. The summed E-state index contributed by atoms with van der Waals surface area (Å²) in [6.07, 6.45) is 0.0391. The summed E-state index contributed by atoms with van der Waals surface area (Å²) in [5.74, 6) is 0.936. The number of sulfonamides is 1. The standard InChI is InChI=1S/C20H26N2O5S/c1-14-5-7-17(11-15(14)2)28(24,25)22-10-9-20(23)21-13-16-6-8-18(26-3)19(12-16)27-4/h5-8,11-12,22H,9-10,13H2,1-4H3,(H,21,23). The fourth-order valence-electron chi connectivity index (χ4n) is 2.54. The van der Waals surface area contributed by atoms with E-state index in [9.17, 15) is 13.2 Å². The Kier molecular flexibility index (Phi) is 7.42. The molecule has 2 aromatic carbocycles. The lowest BCUT2D eigenvalue weighted by molar-refractivity contribution is -0.121. The van der Waals surface area contributed by atoms with E-state index >= 15 is 0 Å². The molecular formula is C20H26N2O5S. The summed E-state index contributed by atoms with van der Waals surface area (Å²) < 4.78 is 37.5. The third-order valence-electron chi connectivity index (χ3n) is 4.37. The lowest BCUT2D eigenvalue weighted by atomic mass is 10.1. The largest absolute Gasteiger partial charge is 0.493 e. The third kappa shape index (κ3) is 5.71. The van der Waals surface area contributed by atoms with Crippen LogP contribution in [0.3, 0.4) is 0 Å². The summed E-state index contributed by atoms with van der Waals surface area (Å²) in [6.45, 7) is 4.11. The third-order valence-corrected chi connectivity index (χ3v) is 5.83. The number of carbonyl (C=O) groups excluding carboxylic acids is 1. The lowest BCUT2D eigenvalue weighted by Gasteiger charge is -2.11. The van der Waals surface area contributed by atoms with Gasteiger partial charge in [0.1, 0.15) is 0 Å². The first-order valence-electron chi connectivity index (χ1n) is 8.81. The molecule has 0 bridgehead atoms. The molecular weight excluding hydrogens is 380 g/mol. The highest BCUT2D eigenvalue weighted by molar-refractivity contribution is 7.89. The first-order chi connectivity index (χ1) is 13.3. The molecule has 0 unspecified atom stereocenters. The maximum Gasteiger partial charge on any atom is 0.240 e. The van der Waals surface area contributed by atoms with Crippen molar-refractivity contribution in [3.05, 3.63) is 53.1 Å². The minimum atomic E-state index is -3.64. The van der Waals surface area contributed by atoms with Crippen LogP contribution in [0, 0.1) is 13.8 Å². The number of aryl methyl sites for hydroxylation is 2. The van der Waals surface area contributed by atoms with Crippen LogP contribution in [0.4, 0.5) is 0 Å². The number of nitrogens with one attached hydrogen (secondary N) is 2. The van der Waals surface area contributed by atoms with Crippen molar-refractivity contribution in [2.24, 2.45) is 0 Å². The predicted molar refractivity (Wildman–Crippen MR) is 107 cm³/mol. The van der Waals surface area contributed by atoms with Gasteiger partial charge in [-0.2, -0.15) is 0 Å². The van der Waals surface area contributed by atoms with Gasteiger partial charge in [0.25, 0.3) is 0 Å². The van der Waals surface area contributed by atoms with Crippen LogP contribution >= 0.6 is 0 Å². The van der Waals surface area contributed by atoms with E-state index in [0.717, 1.165) is 16.7 Å². The second-order valence-corrected chi connectivity index (χ2v) is 8.13. The molecule has 2 aromatic rings. The van der Waals surface area contributed by atoms with Crippen molar-refractivity contribution in [1.29, 1.82) is 0 Å². The van der Waals surface area contributed by atoms with Gasteiger partial charge in [-0.3, -0.25) is 4.79 Å². The topological polar surface area (TPSA) is 93.7 Å². The van der Waals surface area contributed by atoms with E-state index in [1.807, 2.05) is 19.9 Å². The summed E-state index contributed by atoms with van der Waals surface area (Å²) in [4.78, 5) is 12.2. The molecule has 0 spiro atoms. The Morgan fingerprint density at radius 1 is 0.964 bits per heavy atom. The molecule has 2 N–H and O–H groups in total. The van der Waals surface area contributed by atoms with E-state index in [4.69, 9.17) is 9.47 Å². The first kappa shape index (κ1) is 21.7. The summed E-state index contributed by atoms with van der Waals surface area (Å²) in [5, 5.41) is 2.76. The van der Waals surface area contributed by atoms with E-state index in [1.165, 1.54) is 0 Å². The first-order valence-corrected chi connectivity index (χ1v) is 10.3. The van der Waals surface area contributed by atoms with Crippen LogP contribution in [0.2, 0.25) is 0 Å². The Labute approximate surface area is 166 Å². The van der Waals surface area contributed by atoms with Crippen LogP contribution < -0.4 is 19.5 Å². The van der Waals surface area contributed by atoms with Gasteiger partial charge in [0.15, 0.2) is 11.5 Å². The molecule has 0 saturated heterocycles. The molecule has 0 saturated carbocycles. The fraction of sp³-hybridized carbons (Fsp3) is 0.350. The van der Waals surface area contributed by atoms with Gasteiger partial charge < -0.3 is 14.8 Å². The van der Waals surface area contributed by atoms with Gasteiger partial charge in [-0.25, -0.2) is 13.1 Å². The van der Waals surface area contributed by atoms with Gasteiger partial charge in [0, 0.05) is 19.5 Å². The van der Waals surface area contributed by atoms with Gasteiger partial charge in [0.2, 0.25) is 15.9 Å². The maximum atomic E-state index is 12.3. The molecule has 8 heteroatoms. The Morgan fingerprint density at radius 3 is 2.32 bits per heavy atom. The average Bonchev–Trinajstić information content (AvgIpc) is 2.67. The number of rotatable bonds is 9. The molecule has 0 aliphatic heterocycles. The van der Waals surface area contributed by atoms with Gasteiger partial charge in [-0.05, 0) is 54.8 Å². The molecule has 0 atom stereocenters. The van der Waals surface area contributed by atoms with Crippen LogP contribution in [0.5, 0.6) is 11.5 Å². The molecule has 0 aliphatic rings. The zero-order chi connectivity index (χ0) is 20.7.